The van der Waals surface area contributed by atoms with Crippen LogP contribution in [0, 0.1) is 13.8 Å². The van der Waals surface area contributed by atoms with Crippen molar-refractivity contribution < 1.29 is 13.6 Å². The number of rotatable bonds is 2. The summed E-state index contributed by atoms with van der Waals surface area (Å²) in [7, 11) is -3.04. The first-order valence-corrected chi connectivity index (χ1v) is 11.1. The van der Waals surface area contributed by atoms with Gasteiger partial charge in [-0.2, -0.15) is 0 Å². The molecule has 1 aromatic heterocycles. The lowest BCUT2D eigenvalue weighted by molar-refractivity contribution is 0.0770. The molecule has 0 radical (unpaired) electrons. The van der Waals surface area contributed by atoms with Crippen LogP contribution in [0.3, 0.4) is 0 Å². The highest BCUT2D eigenvalue weighted by molar-refractivity contribution is 7.97. The maximum Gasteiger partial charge on any atom is 0.254 e. The van der Waals surface area contributed by atoms with Crippen LogP contribution >= 0.6 is 0 Å². The summed E-state index contributed by atoms with van der Waals surface area (Å²) in [6.45, 7) is 4.58. The third-order valence-corrected chi connectivity index (χ3v) is 6.99. The van der Waals surface area contributed by atoms with Gasteiger partial charge < -0.3 is 9.45 Å². The molecule has 0 atom stereocenters. The molecule has 1 aliphatic heterocycles. The van der Waals surface area contributed by atoms with E-state index < -0.39 is 10.2 Å². The van der Waals surface area contributed by atoms with Gasteiger partial charge in [-0.3, -0.25) is 4.79 Å². The number of aryl methyl sites for hydroxylation is 2. The standard InChI is InChI=1S/C22H22N2O3S/c1-15-7-8-17(13-16(15)2)21-14-19(18-5-3-4-6-20(18)23-21)22(25)24-9-11-28(26,27)12-10-24/h3-8,13-14H,9-12H2,1-2H3. The Morgan fingerprint density at radius 3 is 2.46 bits per heavy atom. The molecule has 1 saturated heterocycles. The van der Waals surface area contributed by atoms with Crippen LogP contribution in [0.15, 0.2) is 48.5 Å². The molecule has 0 spiro atoms. The van der Waals surface area contributed by atoms with Crippen LogP contribution < -0.4 is 0 Å². The number of carbonyl (C=O) groups is 1. The Hall–Kier alpha value is -2.57. The van der Waals surface area contributed by atoms with Gasteiger partial charge in [-0.1, -0.05) is 30.3 Å². The fourth-order valence-corrected chi connectivity index (χ4v) is 4.69. The molecule has 5 nitrogen and oxygen atoms in total. The minimum Gasteiger partial charge on any atom is -0.615 e. The van der Waals surface area contributed by atoms with E-state index in [9.17, 15) is 13.6 Å². The number of aromatic nitrogens is 1. The zero-order valence-corrected chi connectivity index (χ0v) is 16.8. The average molecular weight is 394 g/mol. The second-order valence-corrected chi connectivity index (χ2v) is 9.62. The van der Waals surface area contributed by atoms with E-state index in [1.165, 1.54) is 11.1 Å². The van der Waals surface area contributed by atoms with Crippen molar-refractivity contribution in [3.05, 3.63) is 65.2 Å². The molecule has 0 N–H and O–H groups in total. The van der Waals surface area contributed by atoms with Crippen LogP contribution in [-0.2, 0) is 14.4 Å². The van der Waals surface area contributed by atoms with Crippen molar-refractivity contribution >= 4 is 27.0 Å². The molecule has 6 heteroatoms. The quantitative estimate of drug-likeness (QED) is 0.623. The van der Waals surface area contributed by atoms with E-state index in [0.717, 1.165) is 22.2 Å². The number of amides is 1. The first kappa shape index (κ1) is 18.8. The molecule has 4 rings (SSSR count). The highest BCUT2D eigenvalue weighted by atomic mass is 32.3. The highest BCUT2D eigenvalue weighted by Gasteiger charge is 2.29. The lowest BCUT2D eigenvalue weighted by Crippen LogP contribution is -2.46. The van der Waals surface area contributed by atoms with Gasteiger partial charge in [0, 0.05) is 10.9 Å². The number of pyridine rings is 1. The minimum atomic E-state index is -3.04. The molecule has 0 bridgehead atoms. The number of sulfone groups is 1. The van der Waals surface area contributed by atoms with Gasteiger partial charge in [0.2, 0.25) is 0 Å². The van der Waals surface area contributed by atoms with E-state index >= 15 is 0 Å². The third kappa shape index (κ3) is 3.57. The van der Waals surface area contributed by atoms with Gasteiger partial charge in [-0.25, -0.2) is 4.98 Å². The Balaban J connectivity index is 1.79. The summed E-state index contributed by atoms with van der Waals surface area (Å²) in [6.07, 6.45) is 0. The zero-order chi connectivity index (χ0) is 19.9. The number of hydrogen-bond acceptors (Lipinski definition) is 4. The number of fused-ring (bicyclic) bond motifs is 1. The van der Waals surface area contributed by atoms with Gasteiger partial charge in [0.25, 0.3) is 5.91 Å². The molecular formula is C22H22N2O3S. The molecule has 1 aliphatic rings. The molecule has 1 fully saturated rings. The largest absolute Gasteiger partial charge is 0.615 e. The van der Waals surface area contributed by atoms with Crippen molar-refractivity contribution in [3.8, 4) is 11.3 Å². The van der Waals surface area contributed by atoms with Gasteiger partial charge >= 0.3 is 0 Å². The smallest absolute Gasteiger partial charge is 0.254 e. The number of hydrogen-bond donors (Lipinski definition) is 0. The Morgan fingerprint density at radius 2 is 1.75 bits per heavy atom. The first-order chi connectivity index (χ1) is 13.3. The summed E-state index contributed by atoms with van der Waals surface area (Å²) in [4.78, 5) is 19.6. The second-order valence-electron chi connectivity index (χ2n) is 7.32. The molecule has 3 aromatic rings. The van der Waals surface area contributed by atoms with Crippen LogP contribution in [-0.4, -0.2) is 44.9 Å². The molecule has 0 aliphatic carbocycles. The summed E-state index contributed by atoms with van der Waals surface area (Å²) in [6, 6.07) is 15.6. The maximum absolute atomic E-state index is 13.2. The SMILES string of the molecule is Cc1ccc(-c2cc(C(=O)N3CC[S+](=O)([O-])CC3)c3ccccc3n2)cc1C. The van der Waals surface area contributed by atoms with Gasteiger partial charge in [0.1, 0.15) is 11.5 Å². The average Bonchev–Trinajstić information content (AvgIpc) is 2.68. The van der Waals surface area contributed by atoms with Crippen LogP contribution in [0.25, 0.3) is 22.2 Å². The van der Waals surface area contributed by atoms with Crippen LogP contribution in [0.1, 0.15) is 21.5 Å². The lowest BCUT2D eigenvalue weighted by Gasteiger charge is -2.30. The molecule has 2 aromatic carbocycles. The van der Waals surface area contributed by atoms with Gasteiger partial charge in [0.05, 0.1) is 40.1 Å². The summed E-state index contributed by atoms with van der Waals surface area (Å²) in [5.74, 6) is -0.101. The molecule has 1 amide bonds. The fraction of sp³-hybridized carbons (Fsp3) is 0.273. The zero-order valence-electron chi connectivity index (χ0n) is 16.0. The van der Waals surface area contributed by atoms with Crippen molar-refractivity contribution in [2.45, 2.75) is 13.8 Å². The van der Waals surface area contributed by atoms with Gasteiger partial charge in [-0.15, -0.1) is 4.21 Å². The summed E-state index contributed by atoms with van der Waals surface area (Å²) in [5.41, 5.74) is 5.40. The van der Waals surface area contributed by atoms with Crippen molar-refractivity contribution in [2.75, 3.05) is 24.6 Å². The molecule has 0 unspecified atom stereocenters. The van der Waals surface area contributed by atoms with Crippen molar-refractivity contribution in [3.63, 3.8) is 0 Å². The molecule has 2 heterocycles. The van der Waals surface area contributed by atoms with E-state index in [-0.39, 0.29) is 30.5 Å². The monoisotopic (exact) mass is 394 g/mol. The van der Waals surface area contributed by atoms with E-state index in [1.54, 1.807) is 4.90 Å². The second kappa shape index (κ2) is 7.11. The normalized spacial score (nSPS) is 16.3. The summed E-state index contributed by atoms with van der Waals surface area (Å²) in [5, 5.41) is 0.786. The third-order valence-electron chi connectivity index (χ3n) is 5.38. The van der Waals surface area contributed by atoms with Gasteiger partial charge in [0.15, 0.2) is 0 Å². The Kier molecular flexibility index (Phi) is 4.77. The Morgan fingerprint density at radius 1 is 1.04 bits per heavy atom. The van der Waals surface area contributed by atoms with E-state index in [2.05, 4.69) is 26.0 Å². The van der Waals surface area contributed by atoms with E-state index in [1.807, 2.05) is 36.4 Å². The van der Waals surface area contributed by atoms with Crippen molar-refractivity contribution in [2.24, 2.45) is 0 Å². The van der Waals surface area contributed by atoms with E-state index in [4.69, 9.17) is 4.98 Å². The molecule has 28 heavy (non-hydrogen) atoms. The molecule has 144 valence electrons. The summed E-state index contributed by atoms with van der Waals surface area (Å²) < 4.78 is 23.4. The predicted molar refractivity (Wildman–Crippen MR) is 111 cm³/mol. The predicted octanol–water partition coefficient (Wildman–Crippen LogP) is 3.60. The maximum atomic E-state index is 13.2. The number of benzene rings is 2. The van der Waals surface area contributed by atoms with Gasteiger partial charge in [-0.05, 0) is 43.2 Å². The minimum absolute atomic E-state index is 0.0196. The topological polar surface area (TPSA) is 73.3 Å². The number of para-hydroxylation sites is 1. The van der Waals surface area contributed by atoms with Crippen LogP contribution in [0.5, 0.6) is 0 Å². The molecule has 0 saturated carbocycles. The van der Waals surface area contributed by atoms with Crippen molar-refractivity contribution in [1.82, 2.24) is 9.88 Å². The molecular weight excluding hydrogens is 372 g/mol. The first-order valence-electron chi connectivity index (χ1n) is 9.31. The Labute approximate surface area is 165 Å². The van der Waals surface area contributed by atoms with Crippen LogP contribution in [0.4, 0.5) is 0 Å². The van der Waals surface area contributed by atoms with E-state index in [0.29, 0.717) is 5.56 Å². The number of nitrogens with zero attached hydrogens (tertiary/aromatic N) is 2. The highest BCUT2D eigenvalue weighted by Crippen LogP contribution is 2.27. The van der Waals surface area contributed by atoms with Crippen LogP contribution in [0.2, 0.25) is 0 Å². The lowest BCUT2D eigenvalue weighted by atomic mass is 10.0. The Bertz CT molecular complexity index is 1110. The van der Waals surface area contributed by atoms with Crippen molar-refractivity contribution in [1.29, 1.82) is 0 Å². The number of carbonyl (C=O) groups excluding carboxylic acids is 1. The summed E-state index contributed by atoms with van der Waals surface area (Å²) >= 11 is 0. The fourth-order valence-electron chi connectivity index (χ4n) is 3.49.